The van der Waals surface area contributed by atoms with E-state index in [1.165, 1.54) is 4.88 Å². The minimum Gasteiger partial charge on any atom is -0.492 e. The molecule has 0 aliphatic heterocycles. The van der Waals surface area contributed by atoms with Gasteiger partial charge in [0.1, 0.15) is 5.75 Å². The van der Waals surface area contributed by atoms with E-state index in [0.717, 1.165) is 17.8 Å². The zero-order valence-corrected chi connectivity index (χ0v) is 16.0. The van der Waals surface area contributed by atoms with Crippen molar-refractivity contribution in [1.29, 1.82) is 0 Å². The highest BCUT2D eigenvalue weighted by molar-refractivity contribution is 7.71. The quantitative estimate of drug-likeness (QED) is 0.458. The number of hydrogen-bond donors (Lipinski definition) is 1. The average molecular weight is 393 g/mol. The van der Waals surface area contributed by atoms with Crippen LogP contribution in [0.3, 0.4) is 0 Å². The van der Waals surface area contributed by atoms with E-state index >= 15 is 0 Å². The number of H-pyrrole nitrogens is 1. The molecule has 0 atom stereocenters. The smallest absolute Gasteiger partial charge is 0.216 e. The van der Waals surface area contributed by atoms with Crippen LogP contribution in [0.25, 0.3) is 0 Å². The second-order valence-electron chi connectivity index (χ2n) is 5.30. The molecule has 0 saturated heterocycles. The van der Waals surface area contributed by atoms with E-state index < -0.39 is 0 Å². The van der Waals surface area contributed by atoms with Crippen LogP contribution in [0.4, 0.5) is 0 Å². The molecular weight excluding hydrogens is 376 g/mol. The van der Waals surface area contributed by atoms with Gasteiger partial charge in [-0.3, -0.25) is 5.10 Å². The molecule has 2 aromatic heterocycles. The Morgan fingerprint density at radius 1 is 1.44 bits per heavy atom. The normalized spacial score (nSPS) is 11.3. The minimum atomic E-state index is 0.455. The van der Waals surface area contributed by atoms with Crippen LogP contribution in [0.5, 0.6) is 5.75 Å². The average Bonchev–Trinajstić information content (AvgIpc) is 3.23. The van der Waals surface area contributed by atoms with Crippen LogP contribution in [0.15, 0.2) is 40.8 Å². The largest absolute Gasteiger partial charge is 0.492 e. The molecule has 0 spiro atoms. The molecule has 0 unspecified atom stereocenters. The van der Waals surface area contributed by atoms with Crippen molar-refractivity contribution >= 4 is 41.4 Å². The van der Waals surface area contributed by atoms with Crippen molar-refractivity contribution in [2.24, 2.45) is 5.10 Å². The summed E-state index contributed by atoms with van der Waals surface area (Å²) in [6.07, 6.45) is 3.32. The van der Waals surface area contributed by atoms with Gasteiger partial charge in [-0.05, 0) is 53.8 Å². The topological polar surface area (TPSA) is 55.2 Å². The summed E-state index contributed by atoms with van der Waals surface area (Å²) >= 11 is 13.2. The minimum absolute atomic E-state index is 0.455. The number of halogens is 1. The van der Waals surface area contributed by atoms with Gasteiger partial charge in [0.25, 0.3) is 0 Å². The lowest BCUT2D eigenvalue weighted by Gasteiger charge is -2.07. The SMILES string of the molecule is CCCOc1ccc(/C=N\n2c(Cc3cccs3)n[nH]c2=S)cc1Cl. The molecule has 1 N–H and O–H groups in total. The van der Waals surface area contributed by atoms with Gasteiger partial charge in [0.05, 0.1) is 17.8 Å². The maximum Gasteiger partial charge on any atom is 0.216 e. The van der Waals surface area contributed by atoms with Crippen molar-refractivity contribution in [1.82, 2.24) is 14.9 Å². The second-order valence-corrected chi connectivity index (χ2v) is 7.12. The molecule has 0 fully saturated rings. The highest BCUT2D eigenvalue weighted by Gasteiger charge is 2.07. The number of hydrogen-bond acceptors (Lipinski definition) is 5. The summed E-state index contributed by atoms with van der Waals surface area (Å²) in [6, 6.07) is 9.65. The van der Waals surface area contributed by atoms with Crippen LogP contribution in [0.1, 0.15) is 29.6 Å². The second kappa shape index (κ2) is 8.42. The van der Waals surface area contributed by atoms with Crippen LogP contribution >= 0.6 is 35.2 Å². The van der Waals surface area contributed by atoms with Crippen molar-refractivity contribution in [3.8, 4) is 5.75 Å². The molecule has 1 aromatic carbocycles. The van der Waals surface area contributed by atoms with Crippen LogP contribution < -0.4 is 4.74 Å². The Labute approximate surface area is 159 Å². The Kier molecular flexibility index (Phi) is 6.01. The van der Waals surface area contributed by atoms with E-state index in [4.69, 9.17) is 28.6 Å². The van der Waals surface area contributed by atoms with Gasteiger partial charge in [0.15, 0.2) is 5.82 Å². The number of thiophene rings is 1. The summed E-state index contributed by atoms with van der Waals surface area (Å²) in [5.41, 5.74) is 0.860. The predicted molar refractivity (Wildman–Crippen MR) is 105 cm³/mol. The third kappa shape index (κ3) is 4.56. The Balaban J connectivity index is 1.79. The summed E-state index contributed by atoms with van der Waals surface area (Å²) in [7, 11) is 0. The fourth-order valence-corrected chi connectivity index (χ4v) is 3.32. The van der Waals surface area contributed by atoms with E-state index in [-0.39, 0.29) is 0 Å². The summed E-state index contributed by atoms with van der Waals surface area (Å²) in [5.74, 6) is 1.44. The number of nitrogens with zero attached hydrogens (tertiary/aromatic N) is 3. The van der Waals surface area contributed by atoms with Crippen molar-refractivity contribution in [2.45, 2.75) is 19.8 Å². The molecule has 3 rings (SSSR count). The van der Waals surface area contributed by atoms with Gasteiger partial charge in [-0.15, -0.1) is 11.3 Å². The third-order valence-corrected chi connectivity index (χ3v) is 4.81. The molecule has 8 heteroatoms. The van der Waals surface area contributed by atoms with Gasteiger partial charge in [-0.1, -0.05) is 24.6 Å². The highest BCUT2D eigenvalue weighted by atomic mass is 35.5. The van der Waals surface area contributed by atoms with E-state index in [9.17, 15) is 0 Å². The molecule has 0 amide bonds. The predicted octanol–water partition coefficient (Wildman–Crippen LogP) is 4.92. The molecule has 0 bridgehead atoms. The molecule has 0 saturated carbocycles. The fraction of sp³-hybridized carbons (Fsp3) is 0.235. The summed E-state index contributed by atoms with van der Waals surface area (Å²) in [4.78, 5) is 1.20. The van der Waals surface area contributed by atoms with Crippen LogP contribution in [0.2, 0.25) is 5.02 Å². The molecule has 25 heavy (non-hydrogen) atoms. The zero-order valence-electron chi connectivity index (χ0n) is 13.6. The molecule has 0 radical (unpaired) electrons. The van der Waals surface area contributed by atoms with Gasteiger partial charge in [-0.2, -0.15) is 14.9 Å². The van der Waals surface area contributed by atoms with Gasteiger partial charge in [0, 0.05) is 11.3 Å². The first-order valence-corrected chi connectivity index (χ1v) is 9.49. The number of nitrogens with one attached hydrogen (secondary N) is 1. The van der Waals surface area contributed by atoms with Crippen molar-refractivity contribution in [3.05, 3.63) is 61.8 Å². The van der Waals surface area contributed by atoms with E-state index in [1.54, 1.807) is 22.2 Å². The third-order valence-electron chi connectivity index (χ3n) is 3.37. The first-order chi connectivity index (χ1) is 12.2. The van der Waals surface area contributed by atoms with Gasteiger partial charge in [0.2, 0.25) is 4.77 Å². The molecule has 130 valence electrons. The Morgan fingerprint density at radius 3 is 3.04 bits per heavy atom. The van der Waals surface area contributed by atoms with Crippen LogP contribution in [-0.2, 0) is 6.42 Å². The Morgan fingerprint density at radius 2 is 2.32 bits per heavy atom. The maximum atomic E-state index is 6.25. The number of rotatable bonds is 7. The molecular formula is C17H17ClN4OS2. The van der Waals surface area contributed by atoms with Crippen LogP contribution in [-0.4, -0.2) is 27.7 Å². The fourth-order valence-electron chi connectivity index (χ4n) is 2.18. The summed E-state index contributed by atoms with van der Waals surface area (Å²) < 4.78 is 7.66. The first-order valence-electron chi connectivity index (χ1n) is 7.82. The number of aromatic amines is 1. The van der Waals surface area contributed by atoms with E-state index in [1.807, 2.05) is 29.6 Å². The van der Waals surface area contributed by atoms with Crippen LogP contribution in [0, 0.1) is 4.77 Å². The monoisotopic (exact) mass is 392 g/mol. The highest BCUT2D eigenvalue weighted by Crippen LogP contribution is 2.25. The molecule has 3 aromatic rings. The lowest BCUT2D eigenvalue weighted by Crippen LogP contribution is -2.00. The molecule has 5 nitrogen and oxygen atoms in total. The number of ether oxygens (including phenoxy) is 1. The van der Waals surface area contributed by atoms with Crippen molar-refractivity contribution in [2.75, 3.05) is 6.61 Å². The lowest BCUT2D eigenvalue weighted by molar-refractivity contribution is 0.317. The molecule has 0 aliphatic rings. The molecule has 0 aliphatic carbocycles. The number of benzene rings is 1. The lowest BCUT2D eigenvalue weighted by atomic mass is 10.2. The zero-order chi connectivity index (χ0) is 17.6. The number of aromatic nitrogens is 3. The summed E-state index contributed by atoms with van der Waals surface area (Å²) in [5, 5.41) is 14.1. The summed E-state index contributed by atoms with van der Waals surface area (Å²) in [6.45, 7) is 2.70. The van der Waals surface area contributed by atoms with Crippen molar-refractivity contribution < 1.29 is 4.74 Å². The van der Waals surface area contributed by atoms with E-state index in [0.29, 0.717) is 28.6 Å². The first kappa shape index (κ1) is 17.8. The standard InChI is InChI=1S/C17H17ClN4OS2/c1-2-7-23-15-6-5-12(9-14(15)18)11-19-22-16(20-21-17(22)24)10-13-4-3-8-25-13/h3-6,8-9,11H,2,7,10H2,1H3,(H,21,24)/b19-11-. The molecule has 2 heterocycles. The van der Waals surface area contributed by atoms with E-state index in [2.05, 4.69) is 28.3 Å². The maximum absolute atomic E-state index is 6.25. The Hall–Kier alpha value is -1.96. The Bertz CT molecular complexity index is 915. The van der Waals surface area contributed by atoms with Gasteiger partial charge < -0.3 is 4.74 Å². The van der Waals surface area contributed by atoms with Gasteiger partial charge in [-0.25, -0.2) is 0 Å². The van der Waals surface area contributed by atoms with Gasteiger partial charge >= 0.3 is 0 Å². The van der Waals surface area contributed by atoms with Crippen molar-refractivity contribution in [3.63, 3.8) is 0 Å².